The Morgan fingerprint density at radius 1 is 1.19 bits per heavy atom. The molecule has 1 aliphatic rings. The molecule has 2 N–H and O–H groups in total. The van der Waals surface area contributed by atoms with Gasteiger partial charge in [0.1, 0.15) is 17.3 Å². The Hall–Kier alpha value is -2.07. The van der Waals surface area contributed by atoms with Gasteiger partial charge in [0.25, 0.3) is 0 Å². The number of rotatable bonds is 5. The average Bonchev–Trinajstić information content (AvgIpc) is 3.30. The lowest BCUT2D eigenvalue weighted by molar-refractivity contribution is 0.303. The fourth-order valence-electron chi connectivity index (χ4n) is 2.32. The normalized spacial score (nSPS) is 15.6. The van der Waals surface area contributed by atoms with Crippen LogP contribution in [0.3, 0.4) is 0 Å². The molecule has 110 valence electrons. The summed E-state index contributed by atoms with van der Waals surface area (Å²) in [6.45, 7) is 0. The lowest BCUT2D eigenvalue weighted by atomic mass is 9.98. The summed E-state index contributed by atoms with van der Waals surface area (Å²) in [6, 6.07) is 11.6. The minimum absolute atomic E-state index is 0.319. The smallest absolute Gasteiger partial charge is 0.132 e. The molecule has 1 atom stereocenters. The third-order valence-electron chi connectivity index (χ3n) is 3.59. The van der Waals surface area contributed by atoms with Gasteiger partial charge in [-0.3, -0.25) is 0 Å². The van der Waals surface area contributed by atoms with Gasteiger partial charge in [0.15, 0.2) is 0 Å². The van der Waals surface area contributed by atoms with Gasteiger partial charge in [0.2, 0.25) is 0 Å². The van der Waals surface area contributed by atoms with Crippen molar-refractivity contribution in [2.75, 3.05) is 7.11 Å². The minimum Gasteiger partial charge on any atom is -0.496 e. The van der Waals surface area contributed by atoms with Crippen molar-refractivity contribution in [3.63, 3.8) is 0 Å². The van der Waals surface area contributed by atoms with Crippen molar-refractivity contribution in [2.45, 2.75) is 25.0 Å². The quantitative estimate of drug-likeness (QED) is 0.916. The largest absolute Gasteiger partial charge is 0.496 e. The highest BCUT2D eigenvalue weighted by atomic mass is 19.1. The van der Waals surface area contributed by atoms with E-state index in [0.29, 0.717) is 17.4 Å². The molecule has 1 aliphatic carbocycles. The fourth-order valence-corrected chi connectivity index (χ4v) is 2.32. The highest BCUT2D eigenvalue weighted by Gasteiger charge is 2.24. The molecule has 21 heavy (non-hydrogen) atoms. The number of hydrogen-bond acceptors (Lipinski definition) is 3. The van der Waals surface area contributed by atoms with Gasteiger partial charge < -0.3 is 15.2 Å². The highest BCUT2D eigenvalue weighted by Crippen LogP contribution is 2.33. The Labute approximate surface area is 123 Å². The molecule has 3 rings (SSSR count). The first-order valence-electron chi connectivity index (χ1n) is 7.03. The monoisotopic (exact) mass is 287 g/mol. The van der Waals surface area contributed by atoms with Crippen molar-refractivity contribution >= 4 is 0 Å². The number of hydrogen-bond donors (Lipinski definition) is 1. The van der Waals surface area contributed by atoms with Crippen LogP contribution in [0.2, 0.25) is 0 Å². The van der Waals surface area contributed by atoms with Gasteiger partial charge in [0, 0.05) is 0 Å². The molecule has 0 spiro atoms. The molecule has 0 aliphatic heterocycles. The average molecular weight is 287 g/mol. The summed E-state index contributed by atoms with van der Waals surface area (Å²) >= 11 is 0. The maximum Gasteiger partial charge on any atom is 0.132 e. The van der Waals surface area contributed by atoms with E-state index in [1.807, 2.05) is 24.3 Å². The number of halogens is 1. The van der Waals surface area contributed by atoms with E-state index in [1.54, 1.807) is 12.1 Å². The van der Waals surface area contributed by atoms with E-state index in [-0.39, 0.29) is 5.82 Å². The van der Waals surface area contributed by atoms with Gasteiger partial charge in [-0.2, -0.15) is 0 Å². The van der Waals surface area contributed by atoms with Gasteiger partial charge in [-0.25, -0.2) is 4.39 Å². The van der Waals surface area contributed by atoms with Gasteiger partial charge in [-0.05, 0) is 42.7 Å². The highest BCUT2D eigenvalue weighted by molar-refractivity contribution is 5.44. The molecule has 0 bridgehead atoms. The van der Waals surface area contributed by atoms with Gasteiger partial charge >= 0.3 is 0 Å². The second kappa shape index (κ2) is 5.74. The Morgan fingerprint density at radius 2 is 1.95 bits per heavy atom. The molecular weight excluding hydrogens is 269 g/mol. The summed E-state index contributed by atoms with van der Waals surface area (Å²) in [5.74, 6) is 0.868. The third kappa shape index (κ3) is 3.00. The molecule has 0 aromatic heterocycles. The van der Waals surface area contributed by atoms with Crippen LogP contribution in [0.5, 0.6) is 11.5 Å². The first kappa shape index (κ1) is 13.9. The molecular formula is C17H18FNO2. The number of benzene rings is 2. The zero-order chi connectivity index (χ0) is 14.8. The van der Waals surface area contributed by atoms with Crippen LogP contribution in [0, 0.1) is 5.82 Å². The van der Waals surface area contributed by atoms with Crippen molar-refractivity contribution in [1.29, 1.82) is 0 Å². The molecule has 3 nitrogen and oxygen atoms in total. The van der Waals surface area contributed by atoms with Crippen LogP contribution in [-0.2, 0) is 0 Å². The summed E-state index contributed by atoms with van der Waals surface area (Å²) in [6.07, 6.45) is 2.51. The summed E-state index contributed by atoms with van der Waals surface area (Å²) in [7, 11) is 1.51. The molecule has 0 radical (unpaired) electrons. The number of nitrogens with two attached hydrogens (primary N) is 1. The lowest BCUT2D eigenvalue weighted by Crippen LogP contribution is -2.15. The lowest BCUT2D eigenvalue weighted by Gasteiger charge is -2.17. The second-order valence-corrected chi connectivity index (χ2v) is 5.22. The van der Waals surface area contributed by atoms with Gasteiger partial charge in [-0.15, -0.1) is 0 Å². The van der Waals surface area contributed by atoms with Crippen molar-refractivity contribution in [3.05, 3.63) is 59.4 Å². The molecule has 1 fully saturated rings. The first-order chi connectivity index (χ1) is 10.2. The first-order valence-corrected chi connectivity index (χ1v) is 7.03. The Morgan fingerprint density at radius 3 is 2.67 bits per heavy atom. The van der Waals surface area contributed by atoms with Crippen molar-refractivity contribution < 1.29 is 13.9 Å². The molecule has 0 heterocycles. The van der Waals surface area contributed by atoms with Crippen LogP contribution in [0.25, 0.3) is 0 Å². The van der Waals surface area contributed by atoms with Crippen molar-refractivity contribution in [2.24, 2.45) is 5.73 Å². The van der Waals surface area contributed by atoms with Gasteiger partial charge in [-0.1, -0.05) is 18.2 Å². The summed E-state index contributed by atoms with van der Waals surface area (Å²) in [5, 5.41) is 0. The fraction of sp³-hybridized carbons (Fsp3) is 0.294. The predicted octanol–water partition coefficient (Wildman–Crippen LogP) is 3.42. The van der Waals surface area contributed by atoms with E-state index in [9.17, 15) is 4.39 Å². The third-order valence-corrected chi connectivity index (χ3v) is 3.59. The van der Waals surface area contributed by atoms with Crippen molar-refractivity contribution in [1.82, 2.24) is 0 Å². The molecule has 2 aromatic carbocycles. The zero-order valence-electron chi connectivity index (χ0n) is 11.9. The number of methoxy groups -OCH3 is 1. The van der Waals surface area contributed by atoms with E-state index >= 15 is 0 Å². The Kier molecular flexibility index (Phi) is 3.80. The van der Waals surface area contributed by atoms with Crippen LogP contribution < -0.4 is 15.2 Å². The van der Waals surface area contributed by atoms with E-state index in [2.05, 4.69) is 0 Å². The molecule has 0 saturated heterocycles. The van der Waals surface area contributed by atoms with E-state index in [0.717, 1.165) is 24.2 Å². The van der Waals surface area contributed by atoms with Crippen LogP contribution in [0.4, 0.5) is 4.39 Å². The number of ether oxygens (including phenoxy) is 2. The van der Waals surface area contributed by atoms with Crippen molar-refractivity contribution in [3.8, 4) is 11.5 Å². The standard InChI is InChI=1S/C17H18FNO2/c1-20-15-7-3-6-14(18)16(15)17(19)11-4-2-5-13(10-11)21-12-8-9-12/h2-7,10,12,17H,8-9,19H2,1H3. The topological polar surface area (TPSA) is 44.5 Å². The Balaban J connectivity index is 1.92. The maximum atomic E-state index is 14.1. The molecule has 2 aromatic rings. The molecule has 4 heteroatoms. The predicted molar refractivity (Wildman–Crippen MR) is 79.1 cm³/mol. The summed E-state index contributed by atoms with van der Waals surface area (Å²) in [4.78, 5) is 0. The zero-order valence-corrected chi connectivity index (χ0v) is 11.9. The summed E-state index contributed by atoms with van der Waals surface area (Å²) in [5.41, 5.74) is 7.40. The van der Waals surface area contributed by atoms with Crippen LogP contribution in [0.1, 0.15) is 30.0 Å². The summed E-state index contributed by atoms with van der Waals surface area (Å²) < 4.78 is 25.1. The van der Waals surface area contributed by atoms with Crippen LogP contribution >= 0.6 is 0 Å². The van der Waals surface area contributed by atoms with E-state index in [4.69, 9.17) is 15.2 Å². The van der Waals surface area contributed by atoms with Gasteiger partial charge in [0.05, 0.1) is 24.8 Å². The Bertz CT molecular complexity index is 640. The molecule has 1 unspecified atom stereocenters. The maximum absolute atomic E-state index is 14.1. The SMILES string of the molecule is COc1cccc(F)c1C(N)c1cccc(OC2CC2)c1. The second-order valence-electron chi connectivity index (χ2n) is 5.22. The minimum atomic E-state index is -0.594. The van der Waals surface area contributed by atoms with E-state index < -0.39 is 6.04 Å². The molecule has 0 amide bonds. The molecule has 1 saturated carbocycles. The van der Waals surface area contributed by atoms with Crippen LogP contribution in [-0.4, -0.2) is 13.2 Å². The van der Waals surface area contributed by atoms with E-state index in [1.165, 1.54) is 13.2 Å². The van der Waals surface area contributed by atoms with Crippen LogP contribution in [0.15, 0.2) is 42.5 Å².